The zero-order valence-corrected chi connectivity index (χ0v) is 10.7. The number of halogens is 1. The van der Waals surface area contributed by atoms with E-state index in [9.17, 15) is 0 Å². The molecule has 2 unspecified atom stereocenters. The number of aromatic nitrogens is 2. The van der Waals surface area contributed by atoms with Crippen molar-refractivity contribution in [2.24, 2.45) is 17.6 Å². The summed E-state index contributed by atoms with van der Waals surface area (Å²) in [6, 6.07) is 0. The Morgan fingerprint density at radius 1 is 1.44 bits per heavy atom. The smallest absolute Gasteiger partial charge is 0.231 e. The van der Waals surface area contributed by atoms with E-state index in [1.807, 2.05) is 0 Å². The average molecular weight is 286 g/mol. The first-order chi connectivity index (χ1) is 7.81. The highest BCUT2D eigenvalue weighted by molar-refractivity contribution is 9.10. The van der Waals surface area contributed by atoms with Crippen LogP contribution in [0, 0.1) is 11.8 Å². The summed E-state index contributed by atoms with van der Waals surface area (Å²) in [5.41, 5.74) is 5.73. The van der Waals surface area contributed by atoms with Crippen LogP contribution < -0.4 is 10.5 Å². The van der Waals surface area contributed by atoms with Crippen molar-refractivity contribution in [3.63, 3.8) is 0 Å². The van der Waals surface area contributed by atoms with Crippen molar-refractivity contribution in [3.05, 3.63) is 17.0 Å². The number of rotatable bonds is 4. The van der Waals surface area contributed by atoms with Crippen LogP contribution in [0.2, 0.25) is 0 Å². The van der Waals surface area contributed by atoms with E-state index in [0.717, 1.165) is 11.0 Å². The van der Waals surface area contributed by atoms with E-state index in [4.69, 9.17) is 10.5 Å². The highest BCUT2D eigenvalue weighted by atomic mass is 79.9. The first-order valence-corrected chi connectivity index (χ1v) is 6.39. The molecule has 0 bridgehead atoms. The molecule has 1 fully saturated rings. The summed E-state index contributed by atoms with van der Waals surface area (Å²) in [5, 5.41) is 0. The Morgan fingerprint density at radius 3 is 3.00 bits per heavy atom. The van der Waals surface area contributed by atoms with Gasteiger partial charge in [0.1, 0.15) is 6.33 Å². The Bertz CT molecular complexity index is 348. The lowest BCUT2D eigenvalue weighted by Crippen LogP contribution is -2.23. The van der Waals surface area contributed by atoms with Gasteiger partial charge in [0.15, 0.2) is 0 Å². The molecule has 1 aromatic rings. The summed E-state index contributed by atoms with van der Waals surface area (Å²) >= 11 is 3.36. The maximum Gasteiger partial charge on any atom is 0.231 e. The lowest BCUT2D eigenvalue weighted by molar-refractivity contribution is 0.209. The number of hydrogen-bond donors (Lipinski definition) is 1. The highest BCUT2D eigenvalue weighted by Crippen LogP contribution is 2.31. The molecule has 0 aliphatic heterocycles. The molecule has 1 aromatic heterocycles. The summed E-state index contributed by atoms with van der Waals surface area (Å²) in [6.45, 7) is 1.47. The molecule has 5 heteroatoms. The third kappa shape index (κ3) is 2.71. The maximum atomic E-state index is 5.73. The van der Waals surface area contributed by atoms with Crippen molar-refractivity contribution < 1.29 is 4.74 Å². The molecule has 16 heavy (non-hydrogen) atoms. The van der Waals surface area contributed by atoms with Crippen LogP contribution >= 0.6 is 15.9 Å². The number of hydrogen-bond acceptors (Lipinski definition) is 4. The normalized spacial score (nSPS) is 24.6. The van der Waals surface area contributed by atoms with E-state index in [-0.39, 0.29) is 0 Å². The quantitative estimate of drug-likeness (QED) is 0.919. The molecule has 1 aliphatic rings. The summed E-state index contributed by atoms with van der Waals surface area (Å²) in [6.07, 6.45) is 6.90. The van der Waals surface area contributed by atoms with E-state index >= 15 is 0 Å². The van der Waals surface area contributed by atoms with Crippen molar-refractivity contribution in [1.29, 1.82) is 0 Å². The van der Waals surface area contributed by atoms with Crippen molar-refractivity contribution in [2.75, 3.05) is 13.2 Å². The molecule has 0 amide bonds. The topological polar surface area (TPSA) is 61.0 Å². The lowest BCUT2D eigenvalue weighted by atomic mass is 9.97. The second-order valence-corrected chi connectivity index (χ2v) is 5.03. The molecule has 1 saturated carbocycles. The predicted molar refractivity (Wildman–Crippen MR) is 65.1 cm³/mol. The van der Waals surface area contributed by atoms with Crippen LogP contribution in [-0.4, -0.2) is 23.1 Å². The van der Waals surface area contributed by atoms with E-state index in [1.54, 1.807) is 6.20 Å². The van der Waals surface area contributed by atoms with Gasteiger partial charge in [-0.1, -0.05) is 6.42 Å². The van der Waals surface area contributed by atoms with Crippen molar-refractivity contribution in [1.82, 2.24) is 9.97 Å². The molecule has 88 valence electrons. The van der Waals surface area contributed by atoms with Crippen LogP contribution in [0.25, 0.3) is 0 Å². The summed E-state index contributed by atoms with van der Waals surface area (Å²) < 4.78 is 6.50. The van der Waals surface area contributed by atoms with Crippen LogP contribution in [0.15, 0.2) is 17.0 Å². The average Bonchev–Trinajstić information content (AvgIpc) is 2.75. The minimum Gasteiger partial charge on any atom is -0.476 e. The lowest BCUT2D eigenvalue weighted by Gasteiger charge is -2.18. The van der Waals surface area contributed by atoms with Crippen LogP contribution in [0.1, 0.15) is 19.3 Å². The molecule has 2 N–H and O–H groups in total. The van der Waals surface area contributed by atoms with E-state index in [0.29, 0.717) is 24.3 Å². The molecular formula is C11H16BrN3O. The fraction of sp³-hybridized carbons (Fsp3) is 0.636. The summed E-state index contributed by atoms with van der Waals surface area (Å²) in [4.78, 5) is 7.98. The standard InChI is InChI=1S/C11H16BrN3O/c12-10-5-14-7-15-11(10)16-6-9-3-1-2-8(9)4-13/h5,7-9H,1-4,6,13H2. The van der Waals surface area contributed by atoms with Gasteiger partial charge in [0, 0.05) is 6.20 Å². The Labute approximate surface area is 104 Å². The summed E-state index contributed by atoms with van der Waals surface area (Å²) in [5.74, 6) is 1.81. The van der Waals surface area contributed by atoms with Gasteiger partial charge in [-0.25, -0.2) is 9.97 Å². The zero-order valence-electron chi connectivity index (χ0n) is 9.10. The Hall–Kier alpha value is -0.680. The van der Waals surface area contributed by atoms with Crippen molar-refractivity contribution in [2.45, 2.75) is 19.3 Å². The first-order valence-electron chi connectivity index (χ1n) is 5.59. The molecule has 2 rings (SSSR count). The maximum absolute atomic E-state index is 5.73. The minimum atomic E-state index is 0.576. The SMILES string of the molecule is NCC1CCCC1COc1ncncc1Br. The zero-order chi connectivity index (χ0) is 11.4. The first kappa shape index (κ1) is 11.8. The van der Waals surface area contributed by atoms with Gasteiger partial charge in [0.2, 0.25) is 5.88 Å². The van der Waals surface area contributed by atoms with Gasteiger partial charge < -0.3 is 10.5 Å². The second kappa shape index (κ2) is 5.59. The third-order valence-electron chi connectivity index (χ3n) is 3.19. The summed E-state index contributed by atoms with van der Waals surface area (Å²) in [7, 11) is 0. The number of nitrogens with two attached hydrogens (primary N) is 1. The molecule has 0 radical (unpaired) electrons. The van der Waals surface area contributed by atoms with Crippen molar-refractivity contribution in [3.8, 4) is 5.88 Å². The molecule has 1 aliphatic carbocycles. The Balaban J connectivity index is 1.90. The minimum absolute atomic E-state index is 0.576. The molecule has 2 atom stereocenters. The molecule has 0 saturated heterocycles. The molecule has 0 spiro atoms. The van der Waals surface area contributed by atoms with Crippen LogP contribution in [-0.2, 0) is 0 Å². The van der Waals surface area contributed by atoms with E-state index in [1.165, 1.54) is 25.6 Å². The van der Waals surface area contributed by atoms with Gasteiger partial charge >= 0.3 is 0 Å². The molecule has 0 aromatic carbocycles. The third-order valence-corrected chi connectivity index (χ3v) is 3.73. The highest BCUT2D eigenvalue weighted by Gasteiger charge is 2.26. The monoisotopic (exact) mass is 285 g/mol. The Kier molecular flexibility index (Phi) is 4.12. The molecule has 1 heterocycles. The fourth-order valence-corrected chi connectivity index (χ4v) is 2.57. The Morgan fingerprint density at radius 2 is 2.25 bits per heavy atom. The number of nitrogens with zero attached hydrogens (tertiary/aromatic N) is 2. The van der Waals surface area contributed by atoms with Crippen LogP contribution in [0.3, 0.4) is 0 Å². The van der Waals surface area contributed by atoms with E-state index < -0.39 is 0 Å². The molecule has 4 nitrogen and oxygen atoms in total. The second-order valence-electron chi connectivity index (χ2n) is 4.17. The van der Waals surface area contributed by atoms with Crippen LogP contribution in [0.4, 0.5) is 0 Å². The van der Waals surface area contributed by atoms with Gasteiger partial charge in [0.05, 0.1) is 11.1 Å². The van der Waals surface area contributed by atoms with Crippen LogP contribution in [0.5, 0.6) is 5.88 Å². The largest absolute Gasteiger partial charge is 0.476 e. The van der Waals surface area contributed by atoms with Gasteiger partial charge in [-0.2, -0.15) is 0 Å². The fourth-order valence-electron chi connectivity index (χ4n) is 2.24. The van der Waals surface area contributed by atoms with Crippen molar-refractivity contribution >= 4 is 15.9 Å². The van der Waals surface area contributed by atoms with Gasteiger partial charge in [-0.05, 0) is 47.2 Å². The van der Waals surface area contributed by atoms with Gasteiger partial charge in [-0.15, -0.1) is 0 Å². The van der Waals surface area contributed by atoms with Gasteiger partial charge in [0.25, 0.3) is 0 Å². The predicted octanol–water partition coefficient (Wildman–Crippen LogP) is 1.99. The van der Waals surface area contributed by atoms with E-state index in [2.05, 4.69) is 25.9 Å². The number of ether oxygens (including phenoxy) is 1. The van der Waals surface area contributed by atoms with Gasteiger partial charge in [-0.3, -0.25) is 0 Å². The molecular weight excluding hydrogens is 270 g/mol.